The van der Waals surface area contributed by atoms with Crippen LogP contribution in [0, 0.1) is 12.8 Å². The standard InChI is InChI=1S/C25H30N4O3/c1-16-5-6-22(29-12-18(13-29)15-30)10-24(16)25(31)27-17(2)19-7-20(9-23(8-19)32-4)21-11-26-28(3)14-21/h5-11,14,17-18,30H,12-13,15H2,1-4H3,(H,27,31)/t17-/m1/s1. The van der Waals surface area contributed by atoms with Crippen LogP contribution < -0.4 is 15.0 Å². The molecule has 0 saturated carbocycles. The van der Waals surface area contributed by atoms with Gasteiger partial charge in [-0.2, -0.15) is 5.10 Å². The van der Waals surface area contributed by atoms with Crippen molar-refractivity contribution in [1.82, 2.24) is 15.1 Å². The number of aliphatic hydroxyl groups is 1. The van der Waals surface area contributed by atoms with E-state index in [9.17, 15) is 9.90 Å². The van der Waals surface area contributed by atoms with Gasteiger partial charge >= 0.3 is 0 Å². The fraction of sp³-hybridized carbons (Fsp3) is 0.360. The SMILES string of the molecule is COc1cc(-c2cnn(C)c2)cc([C@@H](C)NC(=O)c2cc(N3CC(CO)C3)ccc2C)c1. The molecule has 7 heteroatoms. The summed E-state index contributed by atoms with van der Waals surface area (Å²) in [6.07, 6.45) is 3.77. The van der Waals surface area contributed by atoms with Crippen LogP contribution in [-0.4, -0.2) is 47.6 Å². The smallest absolute Gasteiger partial charge is 0.252 e. The number of aromatic nitrogens is 2. The number of aryl methyl sites for hydroxylation is 2. The van der Waals surface area contributed by atoms with Gasteiger partial charge in [0.1, 0.15) is 5.75 Å². The van der Waals surface area contributed by atoms with Gasteiger partial charge in [-0.15, -0.1) is 0 Å². The largest absolute Gasteiger partial charge is 0.497 e. The normalized spacial score (nSPS) is 14.7. The lowest BCUT2D eigenvalue weighted by Gasteiger charge is -2.40. The van der Waals surface area contributed by atoms with Crippen LogP contribution >= 0.6 is 0 Å². The van der Waals surface area contributed by atoms with Gasteiger partial charge in [0.15, 0.2) is 0 Å². The van der Waals surface area contributed by atoms with Crippen LogP contribution in [0.15, 0.2) is 48.8 Å². The second kappa shape index (κ2) is 9.04. The van der Waals surface area contributed by atoms with Gasteiger partial charge in [0.25, 0.3) is 5.91 Å². The van der Waals surface area contributed by atoms with E-state index in [1.807, 2.05) is 63.6 Å². The number of ether oxygens (including phenoxy) is 1. The lowest BCUT2D eigenvalue weighted by atomic mass is 9.98. The van der Waals surface area contributed by atoms with E-state index in [1.54, 1.807) is 11.8 Å². The Morgan fingerprint density at radius 1 is 1.25 bits per heavy atom. The minimum atomic E-state index is -0.209. The van der Waals surface area contributed by atoms with Crippen molar-refractivity contribution in [2.24, 2.45) is 13.0 Å². The second-order valence-corrected chi connectivity index (χ2v) is 8.55. The molecule has 3 aromatic rings. The van der Waals surface area contributed by atoms with E-state index in [1.165, 1.54) is 0 Å². The molecule has 1 saturated heterocycles. The van der Waals surface area contributed by atoms with E-state index in [-0.39, 0.29) is 18.6 Å². The van der Waals surface area contributed by atoms with Gasteiger partial charge in [0, 0.05) is 55.7 Å². The summed E-state index contributed by atoms with van der Waals surface area (Å²) in [6, 6.07) is 11.7. The molecule has 0 bridgehead atoms. The lowest BCUT2D eigenvalue weighted by Crippen LogP contribution is -2.48. The molecule has 7 nitrogen and oxygen atoms in total. The van der Waals surface area contributed by atoms with Crippen LogP contribution in [0.2, 0.25) is 0 Å². The van der Waals surface area contributed by atoms with Gasteiger partial charge in [-0.25, -0.2) is 0 Å². The van der Waals surface area contributed by atoms with Gasteiger partial charge in [-0.05, 0) is 60.9 Å². The van der Waals surface area contributed by atoms with E-state index in [2.05, 4.69) is 21.4 Å². The maximum atomic E-state index is 13.1. The number of nitrogens with one attached hydrogen (secondary N) is 1. The van der Waals surface area contributed by atoms with E-state index < -0.39 is 0 Å². The second-order valence-electron chi connectivity index (χ2n) is 8.55. The Morgan fingerprint density at radius 2 is 2.03 bits per heavy atom. The monoisotopic (exact) mass is 434 g/mol. The minimum Gasteiger partial charge on any atom is -0.497 e. The molecule has 1 aliphatic heterocycles. The Labute approximate surface area is 188 Å². The highest BCUT2D eigenvalue weighted by Gasteiger charge is 2.27. The molecule has 1 atom stereocenters. The summed E-state index contributed by atoms with van der Waals surface area (Å²) in [5, 5.41) is 16.7. The maximum absolute atomic E-state index is 13.1. The minimum absolute atomic E-state index is 0.109. The highest BCUT2D eigenvalue weighted by Crippen LogP contribution is 2.30. The predicted molar refractivity (Wildman–Crippen MR) is 125 cm³/mol. The summed E-state index contributed by atoms with van der Waals surface area (Å²) < 4.78 is 7.26. The Kier molecular flexibility index (Phi) is 6.19. The van der Waals surface area contributed by atoms with Crippen LogP contribution in [0.4, 0.5) is 5.69 Å². The molecule has 1 aromatic heterocycles. The number of rotatable bonds is 7. The number of aliphatic hydroxyl groups excluding tert-OH is 1. The molecule has 1 amide bonds. The number of carbonyl (C=O) groups is 1. The summed E-state index contributed by atoms with van der Waals surface area (Å²) in [7, 11) is 3.52. The van der Waals surface area contributed by atoms with Gasteiger partial charge < -0.3 is 20.1 Å². The molecule has 2 N–H and O–H groups in total. The molecule has 32 heavy (non-hydrogen) atoms. The fourth-order valence-electron chi connectivity index (χ4n) is 4.03. The number of methoxy groups -OCH3 is 1. The number of carbonyl (C=O) groups excluding carboxylic acids is 1. The number of benzene rings is 2. The van der Waals surface area contributed by atoms with Crippen molar-refractivity contribution in [3.8, 4) is 16.9 Å². The molecule has 4 rings (SSSR count). The summed E-state index contributed by atoms with van der Waals surface area (Å²) in [5.41, 5.74) is 5.54. The van der Waals surface area contributed by atoms with Crippen molar-refractivity contribution in [3.63, 3.8) is 0 Å². The highest BCUT2D eigenvalue weighted by atomic mass is 16.5. The third-order valence-electron chi connectivity index (χ3n) is 6.10. The molecule has 0 spiro atoms. The first-order valence-electron chi connectivity index (χ1n) is 10.8. The Balaban J connectivity index is 1.54. The number of hydrogen-bond acceptors (Lipinski definition) is 5. The molecule has 2 heterocycles. The summed E-state index contributed by atoms with van der Waals surface area (Å²) in [5.74, 6) is 0.939. The first-order valence-corrected chi connectivity index (χ1v) is 10.8. The van der Waals surface area contributed by atoms with Crippen LogP contribution in [0.5, 0.6) is 5.75 Å². The average Bonchev–Trinajstić information content (AvgIpc) is 3.20. The van der Waals surface area contributed by atoms with Crippen molar-refractivity contribution in [1.29, 1.82) is 0 Å². The number of nitrogens with zero attached hydrogens (tertiary/aromatic N) is 3. The molecule has 0 radical (unpaired) electrons. The summed E-state index contributed by atoms with van der Waals surface area (Å²) in [4.78, 5) is 15.3. The zero-order valence-corrected chi connectivity index (χ0v) is 19.0. The van der Waals surface area contributed by atoms with Crippen LogP contribution in [0.3, 0.4) is 0 Å². The molecular weight excluding hydrogens is 404 g/mol. The quantitative estimate of drug-likeness (QED) is 0.596. The van der Waals surface area contributed by atoms with Crippen molar-refractivity contribution in [2.45, 2.75) is 19.9 Å². The lowest BCUT2D eigenvalue weighted by molar-refractivity contribution is 0.0939. The Morgan fingerprint density at radius 3 is 2.69 bits per heavy atom. The van der Waals surface area contributed by atoms with Crippen molar-refractivity contribution < 1.29 is 14.6 Å². The van der Waals surface area contributed by atoms with Crippen LogP contribution in [0.1, 0.15) is 34.5 Å². The number of hydrogen-bond donors (Lipinski definition) is 2. The van der Waals surface area contributed by atoms with Crippen molar-refractivity contribution in [3.05, 3.63) is 65.5 Å². The molecule has 0 aliphatic carbocycles. The summed E-state index contributed by atoms with van der Waals surface area (Å²) >= 11 is 0. The fourth-order valence-corrected chi connectivity index (χ4v) is 4.03. The Hall–Kier alpha value is -3.32. The zero-order valence-electron chi connectivity index (χ0n) is 19.0. The van der Waals surface area contributed by atoms with Crippen molar-refractivity contribution >= 4 is 11.6 Å². The van der Waals surface area contributed by atoms with Gasteiger partial charge in [0.05, 0.1) is 19.3 Å². The average molecular weight is 435 g/mol. The first-order chi connectivity index (χ1) is 15.4. The van der Waals surface area contributed by atoms with Gasteiger partial charge in [0.2, 0.25) is 0 Å². The predicted octanol–water partition coefficient (Wildman–Crippen LogP) is 3.32. The zero-order chi connectivity index (χ0) is 22.8. The molecule has 0 unspecified atom stereocenters. The van der Waals surface area contributed by atoms with Gasteiger partial charge in [-0.3, -0.25) is 9.48 Å². The third-order valence-corrected chi connectivity index (χ3v) is 6.10. The molecule has 1 aliphatic rings. The van der Waals surface area contributed by atoms with Gasteiger partial charge in [-0.1, -0.05) is 6.07 Å². The molecule has 168 valence electrons. The highest BCUT2D eigenvalue weighted by molar-refractivity contribution is 5.97. The van der Waals surface area contributed by atoms with E-state index in [4.69, 9.17) is 4.74 Å². The van der Waals surface area contributed by atoms with E-state index >= 15 is 0 Å². The topological polar surface area (TPSA) is 79.6 Å². The maximum Gasteiger partial charge on any atom is 0.252 e. The number of amides is 1. The molecule has 1 fully saturated rings. The first kappa shape index (κ1) is 21.9. The van der Waals surface area contributed by atoms with Crippen LogP contribution in [-0.2, 0) is 7.05 Å². The molecule has 2 aromatic carbocycles. The van der Waals surface area contributed by atoms with Crippen LogP contribution in [0.25, 0.3) is 11.1 Å². The number of anilines is 1. The van der Waals surface area contributed by atoms with E-state index in [0.717, 1.165) is 46.8 Å². The summed E-state index contributed by atoms with van der Waals surface area (Å²) in [6.45, 7) is 5.76. The third kappa shape index (κ3) is 4.48. The van der Waals surface area contributed by atoms with Crippen molar-refractivity contribution in [2.75, 3.05) is 31.7 Å². The Bertz CT molecular complexity index is 1120. The molecular formula is C25H30N4O3. The van der Waals surface area contributed by atoms with E-state index in [0.29, 0.717) is 11.5 Å².